The van der Waals surface area contributed by atoms with E-state index in [9.17, 15) is 4.79 Å². The molecule has 1 atom stereocenters. The Labute approximate surface area is 131 Å². The summed E-state index contributed by atoms with van der Waals surface area (Å²) in [4.78, 5) is 11.1. The summed E-state index contributed by atoms with van der Waals surface area (Å²) in [6, 6.07) is 5.73. The number of hydrogen-bond donors (Lipinski definition) is 1. The summed E-state index contributed by atoms with van der Waals surface area (Å²) >= 11 is 1.78. The van der Waals surface area contributed by atoms with Gasteiger partial charge in [0.2, 0.25) is 0 Å². The fourth-order valence-electron chi connectivity index (χ4n) is 1.95. The van der Waals surface area contributed by atoms with Crippen molar-refractivity contribution in [2.75, 3.05) is 25.2 Å². The van der Waals surface area contributed by atoms with Gasteiger partial charge in [-0.2, -0.15) is 11.8 Å². The highest BCUT2D eigenvalue weighted by molar-refractivity contribution is 7.99. The fourth-order valence-corrected chi connectivity index (χ4v) is 2.90. The maximum absolute atomic E-state index is 11.1. The molecule has 0 aliphatic carbocycles. The minimum Gasteiger partial charge on any atom is -0.494 e. The molecule has 118 valence electrons. The highest BCUT2D eigenvalue weighted by atomic mass is 32.2. The number of carbonyl (C=O) groups excluding carboxylic acids is 1. The first-order valence-electron chi connectivity index (χ1n) is 7.15. The van der Waals surface area contributed by atoms with Crippen LogP contribution in [0.15, 0.2) is 18.2 Å². The molecule has 0 amide bonds. The maximum atomic E-state index is 11.1. The Morgan fingerprint density at radius 1 is 1.24 bits per heavy atom. The van der Waals surface area contributed by atoms with Crippen molar-refractivity contribution >= 4 is 17.7 Å². The number of ether oxygens (including phenoxy) is 2. The van der Waals surface area contributed by atoms with Crippen LogP contribution in [0.2, 0.25) is 0 Å². The van der Waals surface area contributed by atoms with Crippen LogP contribution < -0.4 is 10.5 Å². The molecule has 0 fully saturated rings. The first-order chi connectivity index (χ1) is 10.0. The van der Waals surface area contributed by atoms with Gasteiger partial charge in [0, 0.05) is 0 Å². The van der Waals surface area contributed by atoms with Crippen molar-refractivity contribution in [2.45, 2.75) is 32.7 Å². The average molecular weight is 311 g/mol. The van der Waals surface area contributed by atoms with Crippen LogP contribution in [0.1, 0.15) is 24.0 Å². The van der Waals surface area contributed by atoms with Crippen LogP contribution >= 0.6 is 11.8 Å². The van der Waals surface area contributed by atoms with Crippen LogP contribution in [0.4, 0.5) is 0 Å². The van der Waals surface area contributed by atoms with E-state index in [0.717, 1.165) is 23.7 Å². The lowest BCUT2D eigenvalue weighted by Crippen LogP contribution is -2.32. The van der Waals surface area contributed by atoms with Gasteiger partial charge in [-0.05, 0) is 61.5 Å². The number of carbonyl (C=O) groups is 1. The second-order valence-electron chi connectivity index (χ2n) is 5.06. The Morgan fingerprint density at radius 2 is 1.90 bits per heavy atom. The second-order valence-corrected chi connectivity index (χ2v) is 6.28. The molecule has 1 aromatic carbocycles. The van der Waals surface area contributed by atoms with E-state index in [-0.39, 0.29) is 5.97 Å². The monoisotopic (exact) mass is 311 g/mol. The highest BCUT2D eigenvalue weighted by Crippen LogP contribution is 2.16. The van der Waals surface area contributed by atoms with Crippen molar-refractivity contribution < 1.29 is 14.3 Å². The van der Waals surface area contributed by atoms with Crippen LogP contribution in [-0.2, 0) is 9.53 Å². The van der Waals surface area contributed by atoms with Crippen molar-refractivity contribution in [1.82, 2.24) is 0 Å². The number of nitrogens with two attached hydrogens (primary N) is 1. The molecule has 1 unspecified atom stereocenters. The molecule has 0 radical (unpaired) electrons. The Hall–Kier alpha value is -1.20. The van der Waals surface area contributed by atoms with Crippen molar-refractivity contribution in [1.29, 1.82) is 0 Å². The first kappa shape index (κ1) is 17.9. The van der Waals surface area contributed by atoms with Crippen LogP contribution in [0.3, 0.4) is 0 Å². The predicted molar refractivity (Wildman–Crippen MR) is 88.0 cm³/mol. The van der Waals surface area contributed by atoms with E-state index in [1.165, 1.54) is 18.2 Å². The summed E-state index contributed by atoms with van der Waals surface area (Å²) in [5, 5.41) is 0. The smallest absolute Gasteiger partial charge is 0.322 e. The predicted octanol–water partition coefficient (Wildman–Crippen LogP) is 2.70. The van der Waals surface area contributed by atoms with Crippen molar-refractivity contribution in [3.8, 4) is 5.75 Å². The van der Waals surface area contributed by atoms with E-state index in [0.29, 0.717) is 13.0 Å². The summed E-state index contributed by atoms with van der Waals surface area (Å²) in [7, 11) is 1.36. The van der Waals surface area contributed by atoms with Crippen LogP contribution in [0.25, 0.3) is 0 Å². The third-order valence-electron chi connectivity index (χ3n) is 2.97. The van der Waals surface area contributed by atoms with E-state index < -0.39 is 6.04 Å². The zero-order chi connectivity index (χ0) is 15.7. The molecule has 0 aliphatic heterocycles. The third-order valence-corrected chi connectivity index (χ3v) is 4.08. The van der Waals surface area contributed by atoms with Gasteiger partial charge < -0.3 is 15.2 Å². The van der Waals surface area contributed by atoms with Gasteiger partial charge in [0.1, 0.15) is 11.8 Å². The number of methoxy groups -OCH3 is 1. The summed E-state index contributed by atoms with van der Waals surface area (Å²) in [5.74, 6) is 2.46. The van der Waals surface area contributed by atoms with Gasteiger partial charge in [0.05, 0.1) is 13.7 Å². The fraction of sp³-hybridized carbons (Fsp3) is 0.562. The van der Waals surface area contributed by atoms with Crippen LogP contribution in [0, 0.1) is 13.8 Å². The molecule has 1 aromatic rings. The minimum atomic E-state index is -0.506. The second kappa shape index (κ2) is 9.68. The largest absolute Gasteiger partial charge is 0.494 e. The average Bonchev–Trinajstić information content (AvgIpc) is 2.44. The number of thioether (sulfide) groups is 1. The molecule has 0 spiro atoms. The summed E-state index contributed by atoms with van der Waals surface area (Å²) in [6.07, 6.45) is 1.63. The van der Waals surface area contributed by atoms with E-state index >= 15 is 0 Å². The Morgan fingerprint density at radius 3 is 2.52 bits per heavy atom. The molecular formula is C16H25NO3S. The molecule has 0 saturated carbocycles. The molecular weight excluding hydrogens is 286 g/mol. The summed E-state index contributed by atoms with van der Waals surface area (Å²) < 4.78 is 10.3. The number of benzene rings is 1. The molecule has 21 heavy (non-hydrogen) atoms. The van der Waals surface area contributed by atoms with Gasteiger partial charge in [0.25, 0.3) is 0 Å². The van der Waals surface area contributed by atoms with E-state index in [1.54, 1.807) is 11.8 Å². The Balaban J connectivity index is 2.08. The van der Waals surface area contributed by atoms with Gasteiger partial charge in [-0.25, -0.2) is 0 Å². The third kappa shape index (κ3) is 7.39. The molecule has 1 rings (SSSR count). The molecule has 5 heteroatoms. The number of aryl methyl sites for hydroxylation is 2. The van der Waals surface area contributed by atoms with Crippen molar-refractivity contribution in [2.24, 2.45) is 5.73 Å². The van der Waals surface area contributed by atoms with Gasteiger partial charge in [-0.1, -0.05) is 6.07 Å². The topological polar surface area (TPSA) is 61.5 Å². The summed E-state index contributed by atoms with van der Waals surface area (Å²) in [6.45, 7) is 4.85. The van der Waals surface area contributed by atoms with Gasteiger partial charge >= 0.3 is 5.97 Å². The van der Waals surface area contributed by atoms with E-state index in [4.69, 9.17) is 10.5 Å². The quantitative estimate of drug-likeness (QED) is 0.561. The Bertz CT molecular complexity index is 431. The zero-order valence-electron chi connectivity index (χ0n) is 13.1. The molecule has 0 aliphatic rings. The van der Waals surface area contributed by atoms with Crippen molar-refractivity contribution in [3.63, 3.8) is 0 Å². The highest BCUT2D eigenvalue weighted by Gasteiger charge is 2.12. The van der Waals surface area contributed by atoms with E-state index in [2.05, 4.69) is 36.8 Å². The SMILES string of the molecule is COC(=O)C(N)CCSCCCOc1cc(C)cc(C)c1. The lowest BCUT2D eigenvalue weighted by atomic mass is 10.1. The molecule has 2 N–H and O–H groups in total. The maximum Gasteiger partial charge on any atom is 0.322 e. The minimum absolute atomic E-state index is 0.339. The molecule has 0 bridgehead atoms. The van der Waals surface area contributed by atoms with Gasteiger partial charge in [-0.3, -0.25) is 4.79 Å². The lowest BCUT2D eigenvalue weighted by molar-refractivity contribution is -0.142. The van der Waals surface area contributed by atoms with Gasteiger partial charge in [0.15, 0.2) is 0 Å². The van der Waals surface area contributed by atoms with E-state index in [1.807, 2.05) is 0 Å². The summed E-state index contributed by atoms with van der Waals surface area (Å²) in [5.41, 5.74) is 8.10. The first-order valence-corrected chi connectivity index (χ1v) is 8.30. The number of rotatable bonds is 9. The number of hydrogen-bond acceptors (Lipinski definition) is 5. The zero-order valence-corrected chi connectivity index (χ0v) is 13.9. The van der Waals surface area contributed by atoms with Gasteiger partial charge in [-0.15, -0.1) is 0 Å². The molecule has 0 heterocycles. The number of esters is 1. The molecule has 4 nitrogen and oxygen atoms in total. The van der Waals surface area contributed by atoms with Crippen LogP contribution in [0.5, 0.6) is 5.75 Å². The molecule has 0 aromatic heterocycles. The molecule has 0 saturated heterocycles. The van der Waals surface area contributed by atoms with Crippen molar-refractivity contribution in [3.05, 3.63) is 29.3 Å². The Kier molecular flexibility index (Phi) is 8.23. The lowest BCUT2D eigenvalue weighted by Gasteiger charge is -2.09. The standard InChI is InChI=1S/C16H25NO3S/c1-12-9-13(2)11-14(10-12)20-6-4-7-21-8-5-15(17)16(18)19-3/h9-11,15H,4-8,17H2,1-3H3. The van der Waals surface area contributed by atoms with Crippen LogP contribution in [-0.4, -0.2) is 37.2 Å². The normalized spacial score (nSPS) is 12.0.